The molecule has 0 saturated heterocycles. The van der Waals surface area contributed by atoms with Crippen molar-refractivity contribution in [2.24, 2.45) is 0 Å². The normalized spacial score (nSPS) is 22.6. The van der Waals surface area contributed by atoms with Crippen LogP contribution < -0.4 is 5.56 Å². The Bertz CT molecular complexity index is 811. The van der Waals surface area contributed by atoms with Crippen molar-refractivity contribution in [3.63, 3.8) is 0 Å². The van der Waals surface area contributed by atoms with Gasteiger partial charge >= 0.3 is 0 Å². The van der Waals surface area contributed by atoms with E-state index in [2.05, 4.69) is 32.0 Å². The summed E-state index contributed by atoms with van der Waals surface area (Å²) >= 11 is 1.71. The monoisotopic (exact) mass is 312 g/mol. The van der Waals surface area contributed by atoms with Crippen LogP contribution >= 0.6 is 11.8 Å². The highest BCUT2D eigenvalue weighted by molar-refractivity contribution is 7.99. The maximum atomic E-state index is 13.2. The number of aromatic nitrogens is 2. The van der Waals surface area contributed by atoms with Gasteiger partial charge in [-0.2, -0.15) is 0 Å². The van der Waals surface area contributed by atoms with Crippen LogP contribution in [0.2, 0.25) is 0 Å². The predicted octanol–water partition coefficient (Wildman–Crippen LogP) is 3.63. The quantitative estimate of drug-likeness (QED) is 0.754. The highest BCUT2D eigenvalue weighted by atomic mass is 32.2. The summed E-state index contributed by atoms with van der Waals surface area (Å²) in [4.78, 5) is 18.1. The number of thioether (sulfide) groups is 1. The van der Waals surface area contributed by atoms with E-state index in [9.17, 15) is 4.79 Å². The van der Waals surface area contributed by atoms with Crippen LogP contribution in [0.15, 0.2) is 34.2 Å². The summed E-state index contributed by atoms with van der Waals surface area (Å²) in [6.07, 6.45) is 2.94. The third kappa shape index (κ3) is 1.89. The number of hydrogen-bond donors (Lipinski definition) is 0. The molecule has 0 N–H and O–H groups in total. The molecule has 0 saturated carbocycles. The largest absolute Gasteiger partial charge is 0.287 e. The Hall–Kier alpha value is -1.55. The second kappa shape index (κ2) is 4.98. The molecule has 2 aliphatic rings. The van der Waals surface area contributed by atoms with Crippen LogP contribution in [-0.4, -0.2) is 15.3 Å². The van der Waals surface area contributed by atoms with E-state index in [-0.39, 0.29) is 11.0 Å². The minimum atomic E-state index is -0.113. The summed E-state index contributed by atoms with van der Waals surface area (Å²) in [6.45, 7) is 5.20. The molecule has 0 bridgehead atoms. The van der Waals surface area contributed by atoms with Gasteiger partial charge in [0, 0.05) is 23.3 Å². The van der Waals surface area contributed by atoms with Crippen molar-refractivity contribution < 1.29 is 0 Å². The fourth-order valence-corrected chi connectivity index (χ4v) is 4.63. The van der Waals surface area contributed by atoms with Gasteiger partial charge in [0.05, 0.1) is 11.3 Å². The van der Waals surface area contributed by atoms with E-state index in [1.807, 2.05) is 10.6 Å². The average Bonchev–Trinajstić information content (AvgIpc) is 2.55. The molecular weight excluding hydrogens is 292 g/mol. The first-order valence-corrected chi connectivity index (χ1v) is 8.99. The van der Waals surface area contributed by atoms with Crippen molar-refractivity contribution in [2.45, 2.75) is 50.2 Å². The van der Waals surface area contributed by atoms with Crippen LogP contribution in [0, 0.1) is 0 Å². The zero-order valence-electron chi connectivity index (χ0n) is 13.1. The highest BCUT2D eigenvalue weighted by Gasteiger charge is 2.38. The molecule has 1 aromatic carbocycles. The average molecular weight is 312 g/mol. The summed E-state index contributed by atoms with van der Waals surface area (Å²) < 4.78 is 1.90. The molecule has 0 fully saturated rings. The molecule has 22 heavy (non-hydrogen) atoms. The van der Waals surface area contributed by atoms with Crippen molar-refractivity contribution in [2.75, 3.05) is 5.75 Å². The number of nitrogens with zero attached hydrogens (tertiary/aromatic N) is 2. The smallest absolute Gasteiger partial charge is 0.258 e. The zero-order valence-corrected chi connectivity index (χ0v) is 13.9. The Kier molecular flexibility index (Phi) is 3.19. The first-order valence-electron chi connectivity index (χ1n) is 8.00. The van der Waals surface area contributed by atoms with Gasteiger partial charge in [0.25, 0.3) is 5.56 Å². The van der Waals surface area contributed by atoms with Gasteiger partial charge in [0.2, 0.25) is 0 Å². The van der Waals surface area contributed by atoms with Crippen LogP contribution in [0.5, 0.6) is 0 Å². The Morgan fingerprint density at radius 2 is 2.18 bits per heavy atom. The van der Waals surface area contributed by atoms with E-state index in [4.69, 9.17) is 4.98 Å². The van der Waals surface area contributed by atoms with Gasteiger partial charge in [-0.25, -0.2) is 4.98 Å². The SMILES string of the molecule is CC[C@@]1(C)Cc2ccccc2-c2nc3n(c(=O)c21)CCCS3. The molecule has 0 amide bonds. The van der Waals surface area contributed by atoms with Gasteiger partial charge in [-0.05, 0) is 24.8 Å². The van der Waals surface area contributed by atoms with E-state index in [1.54, 1.807) is 11.8 Å². The summed E-state index contributed by atoms with van der Waals surface area (Å²) in [6, 6.07) is 8.42. The van der Waals surface area contributed by atoms with Crippen molar-refractivity contribution in [3.05, 3.63) is 45.7 Å². The summed E-state index contributed by atoms with van der Waals surface area (Å²) in [5.41, 5.74) is 4.40. The van der Waals surface area contributed by atoms with Gasteiger partial charge in [-0.15, -0.1) is 0 Å². The third-order valence-corrected chi connectivity index (χ3v) is 6.19. The molecule has 4 rings (SSSR count). The van der Waals surface area contributed by atoms with Gasteiger partial charge in [-0.3, -0.25) is 9.36 Å². The van der Waals surface area contributed by atoms with Gasteiger partial charge in [0.15, 0.2) is 5.16 Å². The van der Waals surface area contributed by atoms with E-state index in [0.717, 1.165) is 53.5 Å². The van der Waals surface area contributed by atoms with Crippen LogP contribution in [0.3, 0.4) is 0 Å². The Morgan fingerprint density at radius 1 is 1.36 bits per heavy atom. The summed E-state index contributed by atoms with van der Waals surface area (Å²) in [5, 5.41) is 0.894. The van der Waals surface area contributed by atoms with Crippen molar-refractivity contribution >= 4 is 11.8 Å². The molecule has 114 valence electrons. The molecule has 0 radical (unpaired) electrons. The van der Waals surface area contributed by atoms with E-state index in [1.165, 1.54) is 5.56 Å². The first kappa shape index (κ1) is 14.1. The molecule has 2 heterocycles. The van der Waals surface area contributed by atoms with E-state index < -0.39 is 0 Å². The van der Waals surface area contributed by atoms with E-state index >= 15 is 0 Å². The number of benzene rings is 1. The molecular formula is C18H20N2OS. The van der Waals surface area contributed by atoms with Crippen molar-refractivity contribution in [1.29, 1.82) is 0 Å². The second-order valence-corrected chi connectivity index (χ2v) is 7.59. The lowest BCUT2D eigenvalue weighted by atomic mass is 9.69. The minimum Gasteiger partial charge on any atom is -0.287 e. The molecule has 2 aromatic rings. The molecule has 1 atom stereocenters. The fraction of sp³-hybridized carbons (Fsp3) is 0.444. The number of fused-ring (bicyclic) bond motifs is 4. The lowest BCUT2D eigenvalue weighted by Gasteiger charge is -2.36. The molecule has 3 nitrogen and oxygen atoms in total. The molecule has 1 aliphatic carbocycles. The summed E-state index contributed by atoms with van der Waals surface area (Å²) in [7, 11) is 0. The summed E-state index contributed by atoms with van der Waals surface area (Å²) in [5.74, 6) is 1.05. The first-order chi connectivity index (χ1) is 10.6. The van der Waals surface area contributed by atoms with Crippen molar-refractivity contribution in [3.8, 4) is 11.3 Å². The maximum absolute atomic E-state index is 13.2. The standard InChI is InChI=1S/C18H20N2OS/c1-3-18(2)11-12-7-4-5-8-13(12)15-14(18)16(21)20-9-6-10-22-17(20)19-15/h4-5,7-8H,3,6,9-11H2,1-2H3/t18-/m0/s1. The van der Waals surface area contributed by atoms with Gasteiger partial charge < -0.3 is 0 Å². The van der Waals surface area contributed by atoms with Crippen LogP contribution in [0.1, 0.15) is 37.8 Å². The highest BCUT2D eigenvalue weighted by Crippen LogP contribution is 2.43. The van der Waals surface area contributed by atoms with Crippen LogP contribution in [0.25, 0.3) is 11.3 Å². The topological polar surface area (TPSA) is 34.9 Å². The van der Waals surface area contributed by atoms with Crippen LogP contribution in [0.4, 0.5) is 0 Å². The fourth-order valence-electron chi connectivity index (χ4n) is 3.68. The second-order valence-electron chi connectivity index (χ2n) is 6.52. The molecule has 4 heteroatoms. The van der Waals surface area contributed by atoms with Crippen molar-refractivity contribution in [1.82, 2.24) is 9.55 Å². The zero-order chi connectivity index (χ0) is 15.3. The Labute approximate surface area is 134 Å². The van der Waals surface area contributed by atoms with Gasteiger partial charge in [0.1, 0.15) is 0 Å². The lowest BCUT2D eigenvalue weighted by molar-refractivity contribution is 0.425. The number of hydrogen-bond acceptors (Lipinski definition) is 3. The Balaban J connectivity index is 2.08. The van der Waals surface area contributed by atoms with Crippen LogP contribution in [-0.2, 0) is 18.4 Å². The lowest BCUT2D eigenvalue weighted by Crippen LogP contribution is -2.40. The minimum absolute atomic E-state index is 0.113. The Morgan fingerprint density at radius 3 is 3.00 bits per heavy atom. The number of rotatable bonds is 1. The van der Waals surface area contributed by atoms with Gasteiger partial charge in [-0.1, -0.05) is 49.9 Å². The predicted molar refractivity (Wildman–Crippen MR) is 90.6 cm³/mol. The molecule has 0 unspecified atom stereocenters. The third-order valence-electron chi connectivity index (χ3n) is 5.13. The molecule has 1 aliphatic heterocycles. The molecule has 0 spiro atoms. The van der Waals surface area contributed by atoms with E-state index in [0.29, 0.717) is 0 Å². The maximum Gasteiger partial charge on any atom is 0.258 e. The molecule has 1 aromatic heterocycles.